The van der Waals surface area contributed by atoms with Crippen LogP contribution in [0.1, 0.15) is 19.8 Å². The van der Waals surface area contributed by atoms with E-state index in [1.807, 2.05) is 0 Å². The highest BCUT2D eigenvalue weighted by Crippen LogP contribution is 2.26. The summed E-state index contributed by atoms with van der Waals surface area (Å²) in [6.45, 7) is 2.14. The van der Waals surface area contributed by atoms with Gasteiger partial charge in [0.05, 0.1) is 15.4 Å². The van der Waals surface area contributed by atoms with E-state index in [0.717, 1.165) is 0 Å². The SMILES string of the molecule is CC1(O)CCN(S(=O)(=O)c2ccc(S(N)(=O)=O)cc2)CC1. The Kier molecular flexibility index (Phi) is 4.15. The number of rotatable bonds is 3. The Morgan fingerprint density at radius 2 is 1.48 bits per heavy atom. The molecular formula is C12H18N2O5S2. The second-order valence-corrected chi connectivity index (χ2v) is 8.92. The summed E-state index contributed by atoms with van der Waals surface area (Å²) in [5.74, 6) is 0. The first-order valence-electron chi connectivity index (χ1n) is 6.38. The fourth-order valence-corrected chi connectivity index (χ4v) is 4.12. The summed E-state index contributed by atoms with van der Waals surface area (Å²) in [6, 6.07) is 4.79. The standard InChI is InChI=1S/C12H18N2O5S2/c1-12(15)6-8-14(9-7-12)21(18,19)11-4-2-10(3-5-11)20(13,16)17/h2-5,15H,6-9H2,1H3,(H2,13,16,17). The third-order valence-corrected chi connectivity index (χ3v) is 6.43. The van der Waals surface area contributed by atoms with E-state index in [4.69, 9.17) is 5.14 Å². The van der Waals surface area contributed by atoms with Crippen molar-refractivity contribution in [2.75, 3.05) is 13.1 Å². The molecule has 9 heteroatoms. The van der Waals surface area contributed by atoms with Crippen molar-refractivity contribution in [1.82, 2.24) is 4.31 Å². The van der Waals surface area contributed by atoms with E-state index >= 15 is 0 Å². The molecule has 1 fully saturated rings. The fraction of sp³-hybridized carbons (Fsp3) is 0.500. The van der Waals surface area contributed by atoms with Gasteiger partial charge in [-0.15, -0.1) is 0 Å². The van der Waals surface area contributed by atoms with Gasteiger partial charge in [0.15, 0.2) is 0 Å². The van der Waals surface area contributed by atoms with Crippen molar-refractivity contribution >= 4 is 20.0 Å². The number of piperidine rings is 1. The maximum absolute atomic E-state index is 12.4. The predicted molar refractivity (Wildman–Crippen MR) is 76.4 cm³/mol. The quantitative estimate of drug-likeness (QED) is 0.798. The molecule has 0 radical (unpaired) electrons. The number of sulfonamides is 2. The Balaban J connectivity index is 2.25. The zero-order chi connectivity index (χ0) is 15.9. The highest BCUT2D eigenvalue weighted by molar-refractivity contribution is 7.89. The number of primary sulfonamides is 1. The number of nitrogens with zero attached hydrogens (tertiary/aromatic N) is 1. The summed E-state index contributed by atoms with van der Waals surface area (Å²) >= 11 is 0. The lowest BCUT2D eigenvalue weighted by Gasteiger charge is -2.34. The molecule has 1 aliphatic rings. The monoisotopic (exact) mass is 334 g/mol. The topological polar surface area (TPSA) is 118 Å². The lowest BCUT2D eigenvalue weighted by atomic mass is 9.95. The average molecular weight is 334 g/mol. The average Bonchev–Trinajstić information content (AvgIpc) is 2.37. The summed E-state index contributed by atoms with van der Waals surface area (Å²) < 4.78 is 48.4. The van der Waals surface area contributed by atoms with E-state index in [9.17, 15) is 21.9 Å². The molecule has 1 aromatic rings. The fourth-order valence-electron chi connectivity index (χ4n) is 2.16. The second-order valence-electron chi connectivity index (χ2n) is 5.42. The third-order valence-electron chi connectivity index (χ3n) is 3.59. The molecule has 0 amide bonds. The van der Waals surface area contributed by atoms with Gasteiger partial charge in [-0.3, -0.25) is 0 Å². The Morgan fingerprint density at radius 1 is 1.05 bits per heavy atom. The Hall–Kier alpha value is -1.00. The minimum absolute atomic E-state index is 0.0106. The van der Waals surface area contributed by atoms with Crippen LogP contribution >= 0.6 is 0 Å². The van der Waals surface area contributed by atoms with Crippen LogP contribution in [0.5, 0.6) is 0 Å². The molecule has 3 N–H and O–H groups in total. The third kappa shape index (κ3) is 3.61. The maximum atomic E-state index is 12.4. The van der Waals surface area contributed by atoms with Gasteiger partial charge in [-0.25, -0.2) is 22.0 Å². The molecular weight excluding hydrogens is 316 g/mol. The van der Waals surface area contributed by atoms with Crippen molar-refractivity contribution in [3.05, 3.63) is 24.3 Å². The maximum Gasteiger partial charge on any atom is 0.243 e. The van der Waals surface area contributed by atoms with Crippen molar-refractivity contribution in [3.63, 3.8) is 0 Å². The van der Waals surface area contributed by atoms with Gasteiger partial charge in [0.2, 0.25) is 20.0 Å². The number of nitrogens with two attached hydrogens (primary N) is 1. The van der Waals surface area contributed by atoms with Crippen molar-refractivity contribution in [3.8, 4) is 0 Å². The highest BCUT2D eigenvalue weighted by Gasteiger charge is 2.34. The summed E-state index contributed by atoms with van der Waals surface area (Å²) in [5.41, 5.74) is -0.844. The largest absolute Gasteiger partial charge is 0.390 e. The molecule has 1 aromatic carbocycles. The van der Waals surface area contributed by atoms with Crippen LogP contribution < -0.4 is 5.14 Å². The summed E-state index contributed by atoms with van der Waals surface area (Å²) in [6.07, 6.45) is 0.725. The van der Waals surface area contributed by atoms with Crippen molar-refractivity contribution in [1.29, 1.82) is 0 Å². The van der Waals surface area contributed by atoms with E-state index in [-0.39, 0.29) is 22.9 Å². The van der Waals surface area contributed by atoms with Crippen molar-refractivity contribution < 1.29 is 21.9 Å². The lowest BCUT2D eigenvalue weighted by molar-refractivity contribution is 0.0126. The molecule has 0 atom stereocenters. The summed E-state index contributed by atoms with van der Waals surface area (Å²) in [7, 11) is -7.53. The van der Waals surface area contributed by atoms with Gasteiger partial charge in [-0.05, 0) is 44.0 Å². The predicted octanol–water partition coefficient (Wildman–Crippen LogP) is -0.130. The minimum atomic E-state index is -3.85. The molecule has 1 aliphatic heterocycles. The van der Waals surface area contributed by atoms with E-state index in [0.29, 0.717) is 12.8 Å². The van der Waals surface area contributed by atoms with Crippen LogP contribution in [-0.4, -0.2) is 44.9 Å². The first-order chi connectivity index (χ1) is 9.52. The normalized spacial score (nSPS) is 20.3. The zero-order valence-electron chi connectivity index (χ0n) is 11.6. The number of hydrogen-bond acceptors (Lipinski definition) is 5. The highest BCUT2D eigenvalue weighted by atomic mass is 32.2. The van der Waals surface area contributed by atoms with E-state index in [2.05, 4.69) is 0 Å². The van der Waals surface area contributed by atoms with Crippen LogP contribution in [0, 0.1) is 0 Å². The molecule has 118 valence electrons. The molecule has 0 unspecified atom stereocenters. The number of benzene rings is 1. The van der Waals surface area contributed by atoms with E-state index in [1.54, 1.807) is 6.92 Å². The lowest BCUT2D eigenvalue weighted by Crippen LogP contribution is -2.45. The van der Waals surface area contributed by atoms with Crippen LogP contribution in [-0.2, 0) is 20.0 Å². The Labute approximate surface area is 124 Å². The van der Waals surface area contributed by atoms with Gasteiger partial charge >= 0.3 is 0 Å². The molecule has 7 nitrogen and oxygen atoms in total. The molecule has 0 aromatic heterocycles. The van der Waals surface area contributed by atoms with Crippen LogP contribution in [0.3, 0.4) is 0 Å². The molecule has 1 heterocycles. The Morgan fingerprint density at radius 3 is 1.90 bits per heavy atom. The zero-order valence-corrected chi connectivity index (χ0v) is 13.2. The molecule has 21 heavy (non-hydrogen) atoms. The molecule has 0 aliphatic carbocycles. The summed E-state index contributed by atoms with van der Waals surface area (Å²) in [5, 5.41) is 14.8. The number of hydrogen-bond donors (Lipinski definition) is 2. The van der Waals surface area contributed by atoms with E-state index in [1.165, 1.54) is 28.6 Å². The van der Waals surface area contributed by atoms with Gasteiger partial charge in [-0.2, -0.15) is 4.31 Å². The summed E-state index contributed by atoms with van der Waals surface area (Å²) in [4.78, 5) is -0.125. The van der Waals surface area contributed by atoms with Gasteiger partial charge in [0.1, 0.15) is 0 Å². The first kappa shape index (κ1) is 16.4. The number of aliphatic hydroxyl groups is 1. The molecule has 0 saturated carbocycles. The Bertz CT molecular complexity index is 713. The van der Waals surface area contributed by atoms with Crippen LogP contribution in [0.2, 0.25) is 0 Å². The molecule has 0 spiro atoms. The van der Waals surface area contributed by atoms with E-state index < -0.39 is 25.6 Å². The van der Waals surface area contributed by atoms with Crippen LogP contribution in [0.4, 0.5) is 0 Å². The van der Waals surface area contributed by atoms with Crippen molar-refractivity contribution in [2.45, 2.75) is 35.2 Å². The van der Waals surface area contributed by atoms with Gasteiger partial charge in [0, 0.05) is 13.1 Å². The second kappa shape index (κ2) is 5.33. The van der Waals surface area contributed by atoms with Gasteiger partial charge < -0.3 is 5.11 Å². The smallest absolute Gasteiger partial charge is 0.243 e. The van der Waals surface area contributed by atoms with Crippen molar-refractivity contribution in [2.24, 2.45) is 5.14 Å². The van der Waals surface area contributed by atoms with Gasteiger partial charge in [-0.1, -0.05) is 0 Å². The van der Waals surface area contributed by atoms with Crippen LogP contribution in [0.15, 0.2) is 34.1 Å². The first-order valence-corrected chi connectivity index (χ1v) is 9.36. The van der Waals surface area contributed by atoms with Crippen LogP contribution in [0.25, 0.3) is 0 Å². The molecule has 0 bridgehead atoms. The van der Waals surface area contributed by atoms with Gasteiger partial charge in [0.25, 0.3) is 0 Å². The molecule has 2 rings (SSSR count). The molecule has 1 saturated heterocycles. The minimum Gasteiger partial charge on any atom is -0.390 e.